The lowest BCUT2D eigenvalue weighted by Crippen LogP contribution is -2.27. The van der Waals surface area contributed by atoms with Crippen LogP contribution in [0.15, 0.2) is 77.3 Å². The summed E-state index contributed by atoms with van der Waals surface area (Å²) in [6, 6.07) is 15.0. The van der Waals surface area contributed by atoms with E-state index in [9.17, 15) is 9.59 Å². The van der Waals surface area contributed by atoms with Crippen molar-refractivity contribution in [1.29, 1.82) is 0 Å². The molecule has 4 aromatic rings. The van der Waals surface area contributed by atoms with E-state index in [1.54, 1.807) is 12.4 Å². The molecule has 138 valence electrons. The van der Waals surface area contributed by atoms with Gasteiger partial charge in [0.2, 0.25) is 5.91 Å². The molecular formula is C20H15N5O2S. The summed E-state index contributed by atoms with van der Waals surface area (Å²) >= 11 is 1.30. The lowest BCUT2D eigenvalue weighted by Gasteiger charge is -2.07. The minimum absolute atomic E-state index is 0.125. The van der Waals surface area contributed by atoms with Gasteiger partial charge >= 0.3 is 0 Å². The van der Waals surface area contributed by atoms with Gasteiger partial charge in [0.25, 0.3) is 5.56 Å². The number of aromatic nitrogens is 4. The van der Waals surface area contributed by atoms with E-state index >= 15 is 0 Å². The summed E-state index contributed by atoms with van der Waals surface area (Å²) in [5, 5.41) is 5.01. The van der Waals surface area contributed by atoms with Gasteiger partial charge in [-0.1, -0.05) is 36.4 Å². The Bertz CT molecular complexity index is 1160. The minimum Gasteiger partial charge on any atom is -0.303 e. The molecule has 1 N–H and O–H groups in total. The van der Waals surface area contributed by atoms with Gasteiger partial charge in [-0.25, -0.2) is 9.97 Å². The number of hydrogen-bond donors (Lipinski definition) is 1. The fraction of sp³-hybridized carbons (Fsp3) is 0.0500. The van der Waals surface area contributed by atoms with E-state index in [-0.39, 0.29) is 18.0 Å². The minimum atomic E-state index is -0.344. The van der Waals surface area contributed by atoms with Crippen LogP contribution < -0.4 is 10.9 Å². The molecule has 0 unspecified atom stereocenters. The largest absolute Gasteiger partial charge is 0.303 e. The van der Waals surface area contributed by atoms with Crippen LogP contribution in [-0.2, 0) is 11.3 Å². The highest BCUT2D eigenvalue weighted by atomic mass is 32.1. The summed E-state index contributed by atoms with van der Waals surface area (Å²) in [5.41, 5.74) is 2.57. The van der Waals surface area contributed by atoms with E-state index < -0.39 is 0 Å². The zero-order valence-electron chi connectivity index (χ0n) is 14.6. The summed E-state index contributed by atoms with van der Waals surface area (Å²) in [5.74, 6) is -0.339. The quantitative estimate of drug-likeness (QED) is 0.567. The van der Waals surface area contributed by atoms with Gasteiger partial charge in [0.15, 0.2) is 5.13 Å². The number of hydrogen-bond acceptors (Lipinski definition) is 6. The number of carbonyl (C=O) groups is 1. The van der Waals surface area contributed by atoms with Crippen molar-refractivity contribution in [3.05, 3.63) is 82.9 Å². The Morgan fingerprint density at radius 2 is 1.82 bits per heavy atom. The highest BCUT2D eigenvalue weighted by molar-refractivity contribution is 7.14. The third-order valence-corrected chi connectivity index (χ3v) is 4.69. The predicted molar refractivity (Wildman–Crippen MR) is 108 cm³/mol. The van der Waals surface area contributed by atoms with Crippen molar-refractivity contribution in [2.24, 2.45) is 0 Å². The topological polar surface area (TPSA) is 89.8 Å². The van der Waals surface area contributed by atoms with Crippen LogP contribution in [0.2, 0.25) is 0 Å². The first-order chi connectivity index (χ1) is 13.7. The van der Waals surface area contributed by atoms with Gasteiger partial charge in [0.1, 0.15) is 12.2 Å². The Hall–Kier alpha value is -3.65. The van der Waals surface area contributed by atoms with Crippen LogP contribution in [0.1, 0.15) is 0 Å². The molecule has 7 nitrogen and oxygen atoms in total. The lowest BCUT2D eigenvalue weighted by molar-refractivity contribution is -0.116. The Kier molecular flexibility index (Phi) is 5.03. The molecule has 0 saturated carbocycles. The SMILES string of the molecule is O=C(Cn1cc(-c2ccccc2)ncc1=O)Nc1nc(-c2ccccn2)cs1. The number of nitrogens with one attached hydrogen (secondary N) is 1. The van der Waals surface area contributed by atoms with E-state index in [1.807, 2.05) is 53.9 Å². The Balaban J connectivity index is 1.49. The molecule has 0 aliphatic heterocycles. The fourth-order valence-electron chi connectivity index (χ4n) is 2.60. The molecule has 0 fully saturated rings. The van der Waals surface area contributed by atoms with E-state index in [1.165, 1.54) is 22.1 Å². The number of rotatable bonds is 5. The van der Waals surface area contributed by atoms with E-state index in [0.29, 0.717) is 16.5 Å². The molecule has 0 aliphatic carbocycles. The third-order valence-electron chi connectivity index (χ3n) is 3.94. The van der Waals surface area contributed by atoms with Crippen molar-refractivity contribution in [3.63, 3.8) is 0 Å². The number of anilines is 1. The molecule has 3 aromatic heterocycles. The Morgan fingerprint density at radius 3 is 2.61 bits per heavy atom. The molecule has 28 heavy (non-hydrogen) atoms. The zero-order valence-corrected chi connectivity index (χ0v) is 15.5. The summed E-state index contributed by atoms with van der Waals surface area (Å²) in [4.78, 5) is 37.2. The highest BCUT2D eigenvalue weighted by Crippen LogP contribution is 2.23. The van der Waals surface area contributed by atoms with Gasteiger partial charge in [0.05, 0.1) is 17.6 Å². The maximum Gasteiger partial charge on any atom is 0.269 e. The lowest BCUT2D eigenvalue weighted by atomic mass is 10.2. The second kappa shape index (κ2) is 7.93. The molecule has 0 spiro atoms. The second-order valence-corrected chi connectivity index (χ2v) is 6.76. The van der Waals surface area contributed by atoms with Gasteiger partial charge in [0, 0.05) is 23.3 Å². The van der Waals surface area contributed by atoms with Crippen LogP contribution in [0.3, 0.4) is 0 Å². The normalized spacial score (nSPS) is 10.6. The second-order valence-electron chi connectivity index (χ2n) is 5.91. The van der Waals surface area contributed by atoms with Crippen LogP contribution >= 0.6 is 11.3 Å². The summed E-state index contributed by atoms with van der Waals surface area (Å²) in [6.07, 6.45) is 4.49. The van der Waals surface area contributed by atoms with Crippen molar-refractivity contribution in [1.82, 2.24) is 19.5 Å². The maximum atomic E-state index is 12.4. The number of thiazole rings is 1. The van der Waals surface area contributed by atoms with Crippen molar-refractivity contribution in [3.8, 4) is 22.6 Å². The van der Waals surface area contributed by atoms with Crippen LogP contribution in [0.25, 0.3) is 22.6 Å². The van der Waals surface area contributed by atoms with Gasteiger partial charge < -0.3 is 9.88 Å². The first-order valence-electron chi connectivity index (χ1n) is 8.48. The molecule has 4 rings (SSSR count). The van der Waals surface area contributed by atoms with Crippen LogP contribution in [0.5, 0.6) is 0 Å². The molecule has 1 aromatic carbocycles. The molecular weight excluding hydrogens is 374 g/mol. The predicted octanol–water partition coefficient (Wildman–Crippen LogP) is 3.07. The first kappa shape index (κ1) is 17.7. The molecule has 8 heteroatoms. The van der Waals surface area contributed by atoms with Crippen LogP contribution in [0.4, 0.5) is 5.13 Å². The van der Waals surface area contributed by atoms with E-state index in [0.717, 1.165) is 11.3 Å². The number of nitrogens with zero attached hydrogens (tertiary/aromatic N) is 4. The number of benzene rings is 1. The third kappa shape index (κ3) is 4.02. The van der Waals surface area contributed by atoms with Crippen molar-refractivity contribution < 1.29 is 4.79 Å². The Labute approximate surface area is 164 Å². The first-order valence-corrected chi connectivity index (χ1v) is 9.36. The van der Waals surface area contributed by atoms with Crippen LogP contribution in [0, 0.1) is 0 Å². The number of amides is 1. The fourth-order valence-corrected chi connectivity index (χ4v) is 3.32. The van der Waals surface area contributed by atoms with Gasteiger partial charge in [-0.2, -0.15) is 0 Å². The molecule has 0 atom stereocenters. The monoisotopic (exact) mass is 389 g/mol. The highest BCUT2D eigenvalue weighted by Gasteiger charge is 2.11. The van der Waals surface area contributed by atoms with Gasteiger partial charge in [-0.3, -0.25) is 14.6 Å². The molecule has 3 heterocycles. The standard InChI is InChI=1S/C20H15N5O2S/c26-18(24-20-23-17(13-28-20)15-8-4-5-9-21-15)12-25-11-16(22-10-19(25)27)14-6-2-1-3-7-14/h1-11,13H,12H2,(H,23,24,26). The van der Waals surface area contributed by atoms with Crippen molar-refractivity contribution >= 4 is 22.4 Å². The molecule has 0 bridgehead atoms. The molecule has 0 radical (unpaired) electrons. The van der Waals surface area contributed by atoms with E-state index in [4.69, 9.17) is 0 Å². The van der Waals surface area contributed by atoms with Gasteiger partial charge in [-0.05, 0) is 12.1 Å². The number of carbonyl (C=O) groups excluding carboxylic acids is 1. The maximum absolute atomic E-state index is 12.4. The average Bonchev–Trinajstić information content (AvgIpc) is 3.19. The van der Waals surface area contributed by atoms with Crippen LogP contribution in [-0.4, -0.2) is 25.4 Å². The molecule has 1 amide bonds. The Morgan fingerprint density at radius 1 is 1.00 bits per heavy atom. The molecule has 0 aliphatic rings. The average molecular weight is 389 g/mol. The van der Waals surface area contributed by atoms with Crippen molar-refractivity contribution in [2.45, 2.75) is 6.54 Å². The van der Waals surface area contributed by atoms with Gasteiger partial charge in [-0.15, -0.1) is 11.3 Å². The summed E-state index contributed by atoms with van der Waals surface area (Å²) in [7, 11) is 0. The molecule has 0 saturated heterocycles. The van der Waals surface area contributed by atoms with E-state index in [2.05, 4.69) is 20.3 Å². The smallest absolute Gasteiger partial charge is 0.269 e. The zero-order chi connectivity index (χ0) is 19.3. The summed E-state index contributed by atoms with van der Waals surface area (Å²) in [6.45, 7) is -0.125. The van der Waals surface area contributed by atoms with Crippen molar-refractivity contribution in [2.75, 3.05) is 5.32 Å². The number of pyridine rings is 1. The summed E-state index contributed by atoms with van der Waals surface area (Å²) < 4.78 is 1.33.